The number of hydrogen-bond donors (Lipinski definition) is 1. The Morgan fingerprint density at radius 2 is 1.80 bits per heavy atom. The number of nitrogen functional groups attached to an aromatic ring is 1. The zero-order chi connectivity index (χ0) is 14.8. The minimum Gasteiger partial charge on any atom is -0.460 e. The molecule has 2 N–H and O–H groups in total. The first kappa shape index (κ1) is 14.6. The van der Waals surface area contributed by atoms with Crippen LogP contribution in [0.25, 0.3) is 0 Å². The molecule has 4 nitrogen and oxygen atoms in total. The minimum absolute atomic E-state index is 0.0297. The number of anilines is 1. The van der Waals surface area contributed by atoms with Gasteiger partial charge in [-0.1, -0.05) is 28.1 Å². The van der Waals surface area contributed by atoms with E-state index >= 15 is 0 Å². The van der Waals surface area contributed by atoms with Gasteiger partial charge in [0.15, 0.2) is 0 Å². The molecule has 106 valence electrons. The van der Waals surface area contributed by atoms with Gasteiger partial charge in [0.2, 0.25) is 17.9 Å². The van der Waals surface area contributed by atoms with Crippen LogP contribution in [0.2, 0.25) is 0 Å². The molecule has 8 heteroatoms. The Balaban J connectivity index is 2.31. The molecular formula is C12H9BrF3N3O. The third kappa shape index (κ3) is 3.60. The summed E-state index contributed by atoms with van der Waals surface area (Å²) >= 11 is 3.16. The summed E-state index contributed by atoms with van der Waals surface area (Å²) in [5.74, 6) is -0.387. The molecule has 2 rings (SSSR count). The number of nitrogens with two attached hydrogens (primary N) is 1. The van der Waals surface area contributed by atoms with Crippen LogP contribution in [0.5, 0.6) is 5.88 Å². The van der Waals surface area contributed by atoms with E-state index in [0.29, 0.717) is 4.47 Å². The van der Waals surface area contributed by atoms with Gasteiger partial charge in [-0.2, -0.15) is 18.2 Å². The highest BCUT2D eigenvalue weighted by Crippen LogP contribution is 2.36. The molecule has 0 aliphatic heterocycles. The fourth-order valence-corrected chi connectivity index (χ4v) is 1.77. The first-order chi connectivity index (χ1) is 9.36. The van der Waals surface area contributed by atoms with Crippen LogP contribution in [0.3, 0.4) is 0 Å². The van der Waals surface area contributed by atoms with Gasteiger partial charge in [-0.25, -0.2) is 4.98 Å². The summed E-state index contributed by atoms with van der Waals surface area (Å²) in [4.78, 5) is 7.20. The smallest absolute Gasteiger partial charge is 0.429 e. The van der Waals surface area contributed by atoms with Crippen molar-refractivity contribution in [2.45, 2.75) is 12.3 Å². The van der Waals surface area contributed by atoms with Gasteiger partial charge in [-0.05, 0) is 12.1 Å². The lowest BCUT2D eigenvalue weighted by Crippen LogP contribution is -2.26. The molecule has 0 bridgehead atoms. The molecule has 20 heavy (non-hydrogen) atoms. The summed E-state index contributed by atoms with van der Waals surface area (Å²) in [5.41, 5.74) is 5.28. The highest BCUT2D eigenvalue weighted by atomic mass is 79.9. The quantitative estimate of drug-likeness (QED) is 0.922. The van der Waals surface area contributed by atoms with Crippen LogP contribution in [-0.4, -0.2) is 16.1 Å². The Labute approximate surface area is 120 Å². The Morgan fingerprint density at radius 3 is 2.35 bits per heavy atom. The van der Waals surface area contributed by atoms with Crippen molar-refractivity contribution in [3.63, 3.8) is 0 Å². The molecule has 0 fully saturated rings. The van der Waals surface area contributed by atoms with Crippen molar-refractivity contribution in [3.8, 4) is 5.88 Å². The molecule has 0 aliphatic carbocycles. The average Bonchev–Trinajstić information content (AvgIpc) is 2.36. The maximum atomic E-state index is 13.1. The predicted octanol–water partition coefficient (Wildman–Crippen LogP) is 3.50. The summed E-state index contributed by atoms with van der Waals surface area (Å²) in [5, 5.41) is 0. The van der Waals surface area contributed by atoms with Crippen molar-refractivity contribution < 1.29 is 17.9 Å². The topological polar surface area (TPSA) is 61.0 Å². The number of hydrogen-bond acceptors (Lipinski definition) is 4. The average molecular weight is 348 g/mol. The van der Waals surface area contributed by atoms with Gasteiger partial charge in [-0.3, -0.25) is 0 Å². The van der Waals surface area contributed by atoms with Gasteiger partial charge in [0.05, 0.1) is 0 Å². The van der Waals surface area contributed by atoms with Gasteiger partial charge in [0, 0.05) is 22.3 Å². The van der Waals surface area contributed by atoms with Crippen molar-refractivity contribution in [1.29, 1.82) is 0 Å². The van der Waals surface area contributed by atoms with Crippen molar-refractivity contribution in [2.24, 2.45) is 0 Å². The van der Waals surface area contributed by atoms with Gasteiger partial charge in [0.25, 0.3) is 0 Å². The van der Waals surface area contributed by atoms with Crippen molar-refractivity contribution in [2.75, 3.05) is 5.73 Å². The van der Waals surface area contributed by atoms with Crippen LogP contribution in [0.15, 0.2) is 41.0 Å². The number of ether oxygens (including phenoxy) is 1. The van der Waals surface area contributed by atoms with Crippen molar-refractivity contribution >= 4 is 21.9 Å². The number of aromatic nitrogens is 2. The Bertz CT molecular complexity index is 589. The van der Waals surface area contributed by atoms with Crippen LogP contribution in [0.4, 0.5) is 19.1 Å². The lowest BCUT2D eigenvalue weighted by atomic mass is 10.1. The SMILES string of the molecule is Nc1nccc(O[C@H](c2ccc(Br)cc2)C(F)(F)F)n1. The number of rotatable bonds is 3. The van der Waals surface area contributed by atoms with Gasteiger partial charge >= 0.3 is 6.18 Å². The summed E-state index contributed by atoms with van der Waals surface area (Å²) < 4.78 is 44.8. The van der Waals surface area contributed by atoms with E-state index in [4.69, 9.17) is 10.5 Å². The predicted molar refractivity (Wildman–Crippen MR) is 70.0 cm³/mol. The first-order valence-electron chi connectivity index (χ1n) is 5.43. The van der Waals surface area contributed by atoms with E-state index in [2.05, 4.69) is 25.9 Å². The monoisotopic (exact) mass is 347 g/mol. The lowest BCUT2D eigenvalue weighted by Gasteiger charge is -2.21. The summed E-state index contributed by atoms with van der Waals surface area (Å²) in [6.45, 7) is 0. The molecule has 0 saturated heterocycles. The molecule has 0 amide bonds. The molecule has 0 aliphatic rings. The molecule has 0 unspecified atom stereocenters. The first-order valence-corrected chi connectivity index (χ1v) is 6.23. The molecular weight excluding hydrogens is 339 g/mol. The normalized spacial score (nSPS) is 13.0. The summed E-state index contributed by atoms with van der Waals surface area (Å²) in [6.07, 6.45) is -5.47. The molecule has 1 atom stereocenters. The van der Waals surface area contributed by atoms with E-state index in [1.807, 2.05) is 0 Å². The van der Waals surface area contributed by atoms with Crippen LogP contribution < -0.4 is 10.5 Å². The van der Waals surface area contributed by atoms with Crippen molar-refractivity contribution in [3.05, 3.63) is 46.6 Å². The molecule has 0 spiro atoms. The van der Waals surface area contributed by atoms with Crippen LogP contribution in [0.1, 0.15) is 11.7 Å². The molecule has 1 aromatic heterocycles. The molecule has 0 radical (unpaired) electrons. The van der Waals surface area contributed by atoms with Gasteiger partial charge < -0.3 is 10.5 Å². The van der Waals surface area contributed by atoms with Crippen LogP contribution in [-0.2, 0) is 0 Å². The van der Waals surface area contributed by atoms with Crippen LogP contribution in [0, 0.1) is 0 Å². The lowest BCUT2D eigenvalue weighted by molar-refractivity contribution is -0.198. The zero-order valence-electron chi connectivity index (χ0n) is 9.93. The molecule has 0 saturated carbocycles. The third-order valence-electron chi connectivity index (χ3n) is 2.36. The minimum atomic E-state index is -4.58. The highest BCUT2D eigenvalue weighted by Gasteiger charge is 2.43. The number of nitrogens with zero attached hydrogens (tertiary/aromatic N) is 2. The second kappa shape index (κ2) is 5.66. The van der Waals surface area contributed by atoms with E-state index in [-0.39, 0.29) is 17.4 Å². The number of benzene rings is 1. The van der Waals surface area contributed by atoms with E-state index in [9.17, 15) is 13.2 Å². The van der Waals surface area contributed by atoms with E-state index < -0.39 is 12.3 Å². The van der Waals surface area contributed by atoms with Crippen LogP contribution >= 0.6 is 15.9 Å². The highest BCUT2D eigenvalue weighted by molar-refractivity contribution is 9.10. The second-order valence-electron chi connectivity index (χ2n) is 3.84. The van der Waals surface area contributed by atoms with E-state index in [1.165, 1.54) is 36.5 Å². The molecule has 1 aromatic carbocycles. The summed E-state index contributed by atoms with van der Waals surface area (Å²) in [6, 6.07) is 6.88. The van der Waals surface area contributed by atoms with Gasteiger partial charge in [0.1, 0.15) is 0 Å². The molecule has 2 aromatic rings. The van der Waals surface area contributed by atoms with Gasteiger partial charge in [-0.15, -0.1) is 0 Å². The van der Waals surface area contributed by atoms with E-state index in [1.54, 1.807) is 0 Å². The molecule has 1 heterocycles. The van der Waals surface area contributed by atoms with Crippen molar-refractivity contribution in [1.82, 2.24) is 9.97 Å². The fourth-order valence-electron chi connectivity index (χ4n) is 1.50. The third-order valence-corrected chi connectivity index (χ3v) is 2.89. The summed E-state index contributed by atoms with van der Waals surface area (Å²) in [7, 11) is 0. The second-order valence-corrected chi connectivity index (χ2v) is 4.76. The maximum absolute atomic E-state index is 13.1. The van der Waals surface area contributed by atoms with E-state index in [0.717, 1.165) is 0 Å². The number of halogens is 4. The largest absolute Gasteiger partial charge is 0.460 e. The maximum Gasteiger partial charge on any atom is 0.429 e. The Morgan fingerprint density at radius 1 is 1.15 bits per heavy atom. The number of alkyl halides is 3. The Hall–Kier alpha value is -1.83. The Kier molecular flexibility index (Phi) is 4.12. The standard InChI is InChI=1S/C12H9BrF3N3O/c13-8-3-1-7(2-4-8)10(12(14,15)16)20-9-5-6-18-11(17)19-9/h1-6,10H,(H2,17,18,19)/t10-/m1/s1. The fraction of sp³-hybridized carbons (Fsp3) is 0.167. The zero-order valence-corrected chi connectivity index (χ0v) is 11.5.